The molecular weight excluding hydrogens is 170 g/mol. The molecule has 0 saturated heterocycles. The summed E-state index contributed by atoms with van der Waals surface area (Å²) in [6.45, 7) is 0.463. The van der Waals surface area contributed by atoms with Crippen LogP contribution in [0.15, 0.2) is 4.99 Å². The minimum atomic E-state index is -3.34. The topological polar surface area (TPSA) is 65.0 Å². The van der Waals surface area contributed by atoms with Gasteiger partial charge in [0.2, 0.25) is 0 Å². The van der Waals surface area contributed by atoms with Crippen molar-refractivity contribution in [2.75, 3.05) is 19.5 Å². The van der Waals surface area contributed by atoms with Gasteiger partial charge in [0.1, 0.15) is 12.6 Å². The van der Waals surface area contributed by atoms with Crippen LogP contribution in [0.4, 0.5) is 0 Å². The van der Waals surface area contributed by atoms with E-state index in [1.165, 1.54) is 6.40 Å². The zero-order valence-corrected chi connectivity index (χ0v) is 6.87. The van der Waals surface area contributed by atoms with Crippen LogP contribution in [0.3, 0.4) is 0 Å². The molecule has 0 aromatic heterocycles. The lowest BCUT2D eigenvalue weighted by Crippen LogP contribution is -2.17. The highest BCUT2D eigenvalue weighted by atomic mass is 32.2. The Hall–Kier alpha value is -0.620. The Morgan fingerprint density at radius 1 is 1.82 bits per heavy atom. The van der Waals surface area contributed by atoms with E-state index in [1.54, 1.807) is 0 Å². The Morgan fingerprint density at radius 2 is 2.55 bits per heavy atom. The predicted octanol–water partition coefficient (Wildman–Crippen LogP) is -0.610. The van der Waals surface area contributed by atoms with Gasteiger partial charge in [-0.3, -0.25) is 4.18 Å². The lowest BCUT2D eigenvalue weighted by molar-refractivity contribution is 0.251. The lowest BCUT2D eigenvalue weighted by Gasteiger charge is -2.03. The first-order valence-electron chi connectivity index (χ1n) is 3.05. The van der Waals surface area contributed by atoms with Crippen LogP contribution in [0, 0.1) is 0 Å². The molecule has 0 aliphatic carbocycles. The zero-order chi connectivity index (χ0) is 8.32. The molecule has 0 saturated carbocycles. The van der Waals surface area contributed by atoms with Crippen molar-refractivity contribution in [3.8, 4) is 0 Å². The minimum absolute atomic E-state index is 0.0648. The van der Waals surface area contributed by atoms with Crippen LogP contribution in [-0.4, -0.2) is 40.3 Å². The monoisotopic (exact) mass is 179 g/mol. The van der Waals surface area contributed by atoms with Crippen molar-refractivity contribution in [3.05, 3.63) is 0 Å². The fourth-order valence-electron chi connectivity index (χ4n) is 0.620. The summed E-state index contributed by atoms with van der Waals surface area (Å²) in [6.07, 6.45) is 2.31. The van der Waals surface area contributed by atoms with Gasteiger partial charge in [-0.1, -0.05) is 0 Å². The molecule has 11 heavy (non-hydrogen) atoms. The first kappa shape index (κ1) is 8.48. The maximum atomic E-state index is 10.5. The van der Waals surface area contributed by atoms with E-state index in [2.05, 4.69) is 9.18 Å². The van der Waals surface area contributed by atoms with Crippen molar-refractivity contribution in [2.24, 2.45) is 4.99 Å². The fourth-order valence-corrected chi connectivity index (χ4v) is 1.02. The van der Waals surface area contributed by atoms with Gasteiger partial charge in [0.05, 0.1) is 12.9 Å². The molecular formula is C5H9NO4S. The average molecular weight is 179 g/mol. The second-order valence-electron chi connectivity index (χ2n) is 2.23. The molecule has 0 bridgehead atoms. The molecule has 1 heterocycles. The summed E-state index contributed by atoms with van der Waals surface area (Å²) in [4.78, 5) is 3.80. The maximum Gasteiger partial charge on any atom is 0.264 e. The Balaban J connectivity index is 2.28. The molecule has 1 aliphatic rings. The van der Waals surface area contributed by atoms with E-state index in [-0.39, 0.29) is 12.6 Å². The van der Waals surface area contributed by atoms with Crippen molar-refractivity contribution in [1.29, 1.82) is 0 Å². The van der Waals surface area contributed by atoms with E-state index in [9.17, 15) is 8.42 Å². The lowest BCUT2D eigenvalue weighted by atomic mass is 10.4. The molecule has 1 rings (SSSR count). The van der Waals surface area contributed by atoms with Crippen LogP contribution in [0.25, 0.3) is 0 Å². The summed E-state index contributed by atoms with van der Waals surface area (Å²) in [6, 6.07) is -0.176. The standard InChI is InChI=1S/C5H9NO4S/c1-11(7,8)10-3-5-2-9-4-6-5/h4-5H,2-3H2,1H3. The number of nitrogens with zero attached hydrogens (tertiary/aromatic N) is 1. The third kappa shape index (κ3) is 3.33. The molecule has 0 aromatic rings. The van der Waals surface area contributed by atoms with Crippen LogP contribution in [0.1, 0.15) is 0 Å². The van der Waals surface area contributed by atoms with Gasteiger partial charge >= 0.3 is 0 Å². The average Bonchev–Trinajstić information content (AvgIpc) is 2.32. The van der Waals surface area contributed by atoms with Gasteiger partial charge in [-0.25, -0.2) is 4.99 Å². The third-order valence-electron chi connectivity index (χ3n) is 1.11. The van der Waals surface area contributed by atoms with Crippen LogP contribution < -0.4 is 0 Å². The summed E-state index contributed by atoms with van der Waals surface area (Å²) in [7, 11) is -3.34. The molecule has 0 spiro atoms. The second kappa shape index (κ2) is 3.19. The van der Waals surface area contributed by atoms with Crippen LogP contribution in [-0.2, 0) is 19.0 Å². The molecule has 1 aliphatic heterocycles. The molecule has 6 heteroatoms. The molecule has 1 unspecified atom stereocenters. The fraction of sp³-hybridized carbons (Fsp3) is 0.800. The predicted molar refractivity (Wildman–Crippen MR) is 39.0 cm³/mol. The van der Waals surface area contributed by atoms with Crippen molar-refractivity contribution in [2.45, 2.75) is 6.04 Å². The molecule has 64 valence electrons. The van der Waals surface area contributed by atoms with E-state index in [0.717, 1.165) is 6.26 Å². The number of aliphatic imine (C=N–C) groups is 1. The number of hydrogen-bond acceptors (Lipinski definition) is 5. The summed E-state index contributed by atoms with van der Waals surface area (Å²) < 4.78 is 30.2. The molecule has 0 radical (unpaired) electrons. The van der Waals surface area contributed by atoms with Crippen LogP contribution in [0.5, 0.6) is 0 Å². The van der Waals surface area contributed by atoms with Crippen molar-refractivity contribution < 1.29 is 17.3 Å². The molecule has 0 N–H and O–H groups in total. The van der Waals surface area contributed by atoms with Crippen molar-refractivity contribution >= 4 is 16.5 Å². The Bertz CT molecular complexity index is 245. The maximum absolute atomic E-state index is 10.5. The van der Waals surface area contributed by atoms with Gasteiger partial charge in [-0.15, -0.1) is 0 Å². The molecule has 0 amide bonds. The summed E-state index contributed by atoms with van der Waals surface area (Å²) >= 11 is 0. The van der Waals surface area contributed by atoms with E-state index < -0.39 is 10.1 Å². The highest BCUT2D eigenvalue weighted by Crippen LogP contribution is 2.00. The van der Waals surface area contributed by atoms with Gasteiger partial charge in [0.15, 0.2) is 6.40 Å². The van der Waals surface area contributed by atoms with E-state index in [0.29, 0.717) is 6.61 Å². The van der Waals surface area contributed by atoms with E-state index >= 15 is 0 Å². The highest BCUT2D eigenvalue weighted by Gasteiger charge is 2.14. The zero-order valence-electron chi connectivity index (χ0n) is 6.06. The van der Waals surface area contributed by atoms with Crippen molar-refractivity contribution in [1.82, 2.24) is 0 Å². The summed E-state index contributed by atoms with van der Waals surface area (Å²) in [5.74, 6) is 0. The van der Waals surface area contributed by atoms with Gasteiger partial charge in [0.25, 0.3) is 10.1 Å². The summed E-state index contributed by atoms with van der Waals surface area (Å²) in [5.41, 5.74) is 0. The molecule has 0 fully saturated rings. The van der Waals surface area contributed by atoms with E-state index in [4.69, 9.17) is 4.74 Å². The minimum Gasteiger partial charge on any atom is -0.481 e. The largest absolute Gasteiger partial charge is 0.481 e. The second-order valence-corrected chi connectivity index (χ2v) is 3.87. The normalized spacial score (nSPS) is 23.5. The molecule has 1 atom stereocenters. The van der Waals surface area contributed by atoms with Crippen LogP contribution in [0.2, 0.25) is 0 Å². The first-order chi connectivity index (χ1) is 5.08. The molecule has 5 nitrogen and oxygen atoms in total. The third-order valence-corrected chi connectivity index (χ3v) is 1.67. The number of ether oxygens (including phenoxy) is 1. The summed E-state index contributed by atoms with van der Waals surface area (Å²) in [5, 5.41) is 0. The van der Waals surface area contributed by atoms with Gasteiger partial charge < -0.3 is 4.74 Å². The van der Waals surface area contributed by atoms with Gasteiger partial charge in [-0.05, 0) is 0 Å². The van der Waals surface area contributed by atoms with E-state index in [1.807, 2.05) is 0 Å². The Kier molecular flexibility index (Phi) is 2.45. The molecule has 0 aromatic carbocycles. The highest BCUT2D eigenvalue weighted by molar-refractivity contribution is 7.85. The first-order valence-corrected chi connectivity index (χ1v) is 4.87. The Labute approximate surface area is 65.2 Å². The van der Waals surface area contributed by atoms with Crippen molar-refractivity contribution in [3.63, 3.8) is 0 Å². The quantitative estimate of drug-likeness (QED) is 0.542. The Morgan fingerprint density at radius 3 is 3.00 bits per heavy atom. The van der Waals surface area contributed by atoms with Gasteiger partial charge in [0, 0.05) is 0 Å². The number of rotatable bonds is 3. The SMILES string of the molecule is CS(=O)(=O)OCC1COC=N1. The van der Waals surface area contributed by atoms with Crippen LogP contribution >= 0.6 is 0 Å². The number of hydrogen-bond donors (Lipinski definition) is 0. The smallest absolute Gasteiger partial charge is 0.264 e. The van der Waals surface area contributed by atoms with Gasteiger partial charge in [-0.2, -0.15) is 8.42 Å².